The van der Waals surface area contributed by atoms with E-state index < -0.39 is 16.1 Å². The highest BCUT2D eigenvalue weighted by Gasteiger charge is 2.32. The van der Waals surface area contributed by atoms with E-state index in [9.17, 15) is 13.2 Å². The summed E-state index contributed by atoms with van der Waals surface area (Å²) >= 11 is 0. The molecule has 108 valence electrons. The first kappa shape index (κ1) is 13.2. The number of carbonyl (C=O) groups excluding carboxylic acids is 1. The first-order valence-corrected chi connectivity index (χ1v) is 7.86. The van der Waals surface area contributed by atoms with E-state index in [0.29, 0.717) is 11.4 Å². The van der Waals surface area contributed by atoms with Gasteiger partial charge in [-0.05, 0) is 19.2 Å². The second-order valence-corrected chi connectivity index (χ2v) is 6.62. The Morgan fingerprint density at radius 2 is 1.85 bits per heavy atom. The first-order chi connectivity index (χ1) is 9.47. The van der Waals surface area contributed by atoms with Crippen molar-refractivity contribution in [1.82, 2.24) is 9.62 Å². The van der Waals surface area contributed by atoms with Crippen LogP contribution in [0, 0.1) is 0 Å². The minimum atomic E-state index is -3.80. The van der Waals surface area contributed by atoms with Crippen LogP contribution in [-0.4, -0.2) is 52.6 Å². The number of urea groups is 1. The Labute approximate surface area is 117 Å². The second kappa shape index (κ2) is 4.64. The van der Waals surface area contributed by atoms with Crippen LogP contribution in [-0.2, 0) is 10.0 Å². The number of nitrogens with one attached hydrogen (secondary N) is 2. The topological polar surface area (TPSA) is 81.8 Å². The Hall–Kier alpha value is -1.80. The van der Waals surface area contributed by atoms with Gasteiger partial charge in [-0.2, -0.15) is 0 Å². The highest BCUT2D eigenvalue weighted by atomic mass is 32.2. The lowest BCUT2D eigenvalue weighted by Gasteiger charge is -2.35. The van der Waals surface area contributed by atoms with Crippen LogP contribution in [0.3, 0.4) is 0 Å². The smallest absolute Gasteiger partial charge is 0.333 e. The number of carbonyl (C=O) groups is 1. The number of sulfonamides is 1. The van der Waals surface area contributed by atoms with Crippen molar-refractivity contribution in [1.29, 1.82) is 0 Å². The van der Waals surface area contributed by atoms with Crippen molar-refractivity contribution in [2.24, 2.45) is 0 Å². The monoisotopic (exact) mass is 296 g/mol. The molecule has 0 atom stereocenters. The predicted octanol–water partition coefficient (Wildman–Crippen LogP) is 0.262. The van der Waals surface area contributed by atoms with E-state index >= 15 is 0 Å². The van der Waals surface area contributed by atoms with Crippen LogP contribution >= 0.6 is 0 Å². The van der Waals surface area contributed by atoms with Crippen molar-refractivity contribution in [3.8, 4) is 0 Å². The molecular weight excluding hydrogens is 280 g/mol. The van der Waals surface area contributed by atoms with Gasteiger partial charge in [-0.25, -0.2) is 17.9 Å². The van der Waals surface area contributed by atoms with Crippen LogP contribution in [0.5, 0.6) is 0 Å². The summed E-state index contributed by atoms with van der Waals surface area (Å²) in [6.45, 7) is 3.28. The molecule has 0 spiro atoms. The van der Waals surface area contributed by atoms with Crippen molar-refractivity contribution >= 4 is 27.4 Å². The maximum Gasteiger partial charge on any atom is 0.333 e. The number of benzene rings is 1. The summed E-state index contributed by atoms with van der Waals surface area (Å²) in [5.41, 5.74) is 0.980. The van der Waals surface area contributed by atoms with Crippen molar-refractivity contribution in [3.05, 3.63) is 18.2 Å². The summed E-state index contributed by atoms with van der Waals surface area (Å²) in [6, 6.07) is 4.42. The number of amides is 2. The van der Waals surface area contributed by atoms with Gasteiger partial charge in [0.25, 0.3) is 10.0 Å². The van der Waals surface area contributed by atoms with Gasteiger partial charge in [0.1, 0.15) is 4.90 Å². The van der Waals surface area contributed by atoms with Gasteiger partial charge in [0.15, 0.2) is 0 Å². The average Bonchev–Trinajstić information content (AvgIpc) is 2.37. The van der Waals surface area contributed by atoms with Gasteiger partial charge in [0.05, 0.1) is 11.4 Å². The zero-order valence-electron chi connectivity index (χ0n) is 11.1. The molecule has 0 bridgehead atoms. The normalized spacial score (nSPS) is 21.9. The minimum absolute atomic E-state index is 0.157. The Morgan fingerprint density at radius 3 is 2.55 bits per heavy atom. The number of hydrogen-bond donors (Lipinski definition) is 2. The van der Waals surface area contributed by atoms with E-state index in [-0.39, 0.29) is 4.90 Å². The number of nitrogens with zero attached hydrogens (tertiary/aromatic N) is 2. The Kier molecular flexibility index (Phi) is 3.06. The molecule has 1 aromatic rings. The Morgan fingerprint density at radius 1 is 1.15 bits per heavy atom. The van der Waals surface area contributed by atoms with Gasteiger partial charge >= 0.3 is 6.03 Å². The van der Waals surface area contributed by atoms with E-state index in [2.05, 4.69) is 10.2 Å². The fourth-order valence-electron chi connectivity index (χ4n) is 2.52. The molecule has 0 aromatic heterocycles. The van der Waals surface area contributed by atoms with Crippen LogP contribution in [0.2, 0.25) is 0 Å². The molecule has 0 radical (unpaired) electrons. The molecular formula is C12H16N4O3S. The van der Waals surface area contributed by atoms with Crippen molar-refractivity contribution in [2.75, 3.05) is 43.4 Å². The second-order valence-electron chi connectivity index (χ2n) is 5.00. The number of likely N-dealkylation sites (N-methyl/N-ethyl adjacent to an activating group) is 1. The van der Waals surface area contributed by atoms with Crippen molar-refractivity contribution in [3.63, 3.8) is 0 Å². The highest BCUT2D eigenvalue weighted by molar-refractivity contribution is 7.90. The molecule has 7 nitrogen and oxygen atoms in total. The fraction of sp³-hybridized carbons (Fsp3) is 0.417. The molecule has 2 aliphatic heterocycles. The summed E-state index contributed by atoms with van der Waals surface area (Å²) in [6.07, 6.45) is 0. The maximum atomic E-state index is 12.2. The first-order valence-electron chi connectivity index (χ1n) is 6.38. The lowest BCUT2D eigenvalue weighted by Crippen LogP contribution is -2.46. The summed E-state index contributed by atoms with van der Waals surface area (Å²) in [4.78, 5) is 15.7. The Balaban J connectivity index is 2.06. The molecule has 2 aliphatic rings. The quantitative estimate of drug-likeness (QED) is 0.777. The molecule has 0 saturated carbocycles. The van der Waals surface area contributed by atoms with Gasteiger partial charge in [-0.15, -0.1) is 0 Å². The predicted molar refractivity (Wildman–Crippen MR) is 75.5 cm³/mol. The number of anilines is 2. The number of piperazine rings is 1. The molecule has 2 amide bonds. The fourth-order valence-corrected chi connectivity index (χ4v) is 3.80. The van der Waals surface area contributed by atoms with Gasteiger partial charge < -0.3 is 15.1 Å². The van der Waals surface area contributed by atoms with E-state index in [1.54, 1.807) is 18.2 Å². The largest absolute Gasteiger partial charge is 0.368 e. The average molecular weight is 296 g/mol. The zero-order valence-corrected chi connectivity index (χ0v) is 11.9. The van der Waals surface area contributed by atoms with E-state index in [0.717, 1.165) is 26.2 Å². The summed E-state index contributed by atoms with van der Waals surface area (Å²) < 4.78 is 26.4. The number of rotatable bonds is 1. The van der Waals surface area contributed by atoms with Gasteiger partial charge in [-0.3, -0.25) is 0 Å². The number of hydrogen-bond acceptors (Lipinski definition) is 5. The lowest BCUT2D eigenvalue weighted by molar-refractivity contribution is 0.256. The van der Waals surface area contributed by atoms with E-state index in [1.165, 1.54) is 0 Å². The lowest BCUT2D eigenvalue weighted by atomic mass is 10.2. The molecule has 20 heavy (non-hydrogen) atoms. The molecule has 1 aromatic carbocycles. The zero-order chi connectivity index (χ0) is 14.3. The molecule has 2 N–H and O–H groups in total. The van der Waals surface area contributed by atoms with Gasteiger partial charge in [0, 0.05) is 26.2 Å². The van der Waals surface area contributed by atoms with Crippen molar-refractivity contribution < 1.29 is 13.2 Å². The molecule has 0 unspecified atom stereocenters. The molecule has 3 rings (SSSR count). The summed E-state index contributed by atoms with van der Waals surface area (Å²) in [5, 5.41) is 2.54. The third-order valence-electron chi connectivity index (χ3n) is 3.58. The molecule has 1 fully saturated rings. The molecule has 0 aliphatic carbocycles. The van der Waals surface area contributed by atoms with Crippen molar-refractivity contribution in [2.45, 2.75) is 4.90 Å². The third-order valence-corrected chi connectivity index (χ3v) is 5.00. The molecule has 1 saturated heterocycles. The third kappa shape index (κ3) is 2.20. The van der Waals surface area contributed by atoms with Crippen LogP contribution in [0.1, 0.15) is 0 Å². The SMILES string of the molecule is CN1CCN(c2cccc3c2S(=O)(=O)NC(=O)N3)CC1. The minimum Gasteiger partial charge on any atom is -0.368 e. The summed E-state index contributed by atoms with van der Waals surface area (Å²) in [5.74, 6) is 0. The highest BCUT2D eigenvalue weighted by Crippen LogP contribution is 2.34. The maximum absolute atomic E-state index is 12.2. The van der Waals surface area contributed by atoms with Gasteiger partial charge in [-0.1, -0.05) is 6.07 Å². The summed E-state index contributed by atoms with van der Waals surface area (Å²) in [7, 11) is -1.76. The molecule has 8 heteroatoms. The molecule has 2 heterocycles. The van der Waals surface area contributed by atoms with Crippen LogP contribution in [0.15, 0.2) is 23.1 Å². The standard InChI is InChI=1S/C12H16N4O3S/c1-15-5-7-16(8-6-15)10-4-2-3-9-11(10)20(18,19)14-12(17)13-9/h2-4H,5-8H2,1H3,(H2,13,14,17). The van der Waals surface area contributed by atoms with Crippen LogP contribution in [0.4, 0.5) is 16.2 Å². The number of fused-ring (bicyclic) bond motifs is 1. The van der Waals surface area contributed by atoms with Crippen LogP contribution < -0.4 is 14.9 Å². The van der Waals surface area contributed by atoms with E-state index in [1.807, 2.05) is 16.7 Å². The van der Waals surface area contributed by atoms with Gasteiger partial charge in [0.2, 0.25) is 0 Å². The Bertz CT molecular complexity index is 651. The van der Waals surface area contributed by atoms with Crippen LogP contribution in [0.25, 0.3) is 0 Å². The van der Waals surface area contributed by atoms with E-state index in [4.69, 9.17) is 0 Å².